The lowest BCUT2D eigenvalue weighted by Gasteiger charge is -2.38. The summed E-state index contributed by atoms with van der Waals surface area (Å²) in [5.41, 5.74) is 2.24. The van der Waals surface area contributed by atoms with E-state index in [4.69, 9.17) is 16.1 Å². The van der Waals surface area contributed by atoms with Gasteiger partial charge in [-0.25, -0.2) is 0 Å². The van der Waals surface area contributed by atoms with E-state index in [1.165, 1.54) is 10.4 Å². The third kappa shape index (κ3) is 4.99. The second-order valence-electron chi connectivity index (χ2n) is 8.63. The summed E-state index contributed by atoms with van der Waals surface area (Å²) < 4.78 is 5.46. The van der Waals surface area contributed by atoms with Crippen molar-refractivity contribution in [3.63, 3.8) is 0 Å². The molecule has 1 unspecified atom stereocenters. The Labute approximate surface area is 202 Å². The molecule has 0 aliphatic carbocycles. The van der Waals surface area contributed by atoms with Gasteiger partial charge in [0.15, 0.2) is 0 Å². The monoisotopic (exact) mass is 485 g/mol. The van der Waals surface area contributed by atoms with Crippen molar-refractivity contribution in [3.8, 4) is 11.4 Å². The molecule has 2 aliphatic heterocycles. The molecule has 0 saturated carbocycles. The lowest BCUT2D eigenvalue weighted by atomic mass is 9.97. The summed E-state index contributed by atoms with van der Waals surface area (Å²) in [7, 11) is 0. The highest BCUT2D eigenvalue weighted by atomic mass is 35.5. The zero-order valence-electron chi connectivity index (χ0n) is 18.7. The van der Waals surface area contributed by atoms with Crippen molar-refractivity contribution in [2.75, 3.05) is 39.3 Å². The van der Waals surface area contributed by atoms with Crippen molar-refractivity contribution in [2.24, 2.45) is 0 Å². The molecule has 1 amide bonds. The van der Waals surface area contributed by atoms with Crippen LogP contribution in [0.5, 0.6) is 0 Å². The Balaban J connectivity index is 1.12. The Morgan fingerprint density at radius 1 is 1.12 bits per heavy atom. The first-order valence-electron chi connectivity index (χ1n) is 11.5. The summed E-state index contributed by atoms with van der Waals surface area (Å²) in [4.78, 5) is 25.8. The van der Waals surface area contributed by atoms with E-state index in [1.807, 2.05) is 35.6 Å². The van der Waals surface area contributed by atoms with E-state index in [-0.39, 0.29) is 11.9 Å². The van der Waals surface area contributed by atoms with E-state index in [0.717, 1.165) is 51.1 Å². The van der Waals surface area contributed by atoms with Crippen molar-refractivity contribution in [2.45, 2.75) is 32.4 Å². The Morgan fingerprint density at radius 3 is 2.64 bits per heavy atom. The van der Waals surface area contributed by atoms with Crippen LogP contribution >= 0.6 is 22.9 Å². The van der Waals surface area contributed by atoms with Crippen molar-refractivity contribution >= 4 is 28.8 Å². The maximum Gasteiger partial charge on any atom is 0.241 e. The fourth-order valence-corrected chi connectivity index (χ4v) is 5.80. The highest BCUT2D eigenvalue weighted by Gasteiger charge is 2.31. The van der Waals surface area contributed by atoms with Crippen LogP contribution in [-0.4, -0.2) is 70.0 Å². The van der Waals surface area contributed by atoms with Crippen molar-refractivity contribution in [3.05, 3.63) is 57.1 Å². The molecule has 3 aromatic rings. The minimum Gasteiger partial charge on any atom is -0.338 e. The predicted molar refractivity (Wildman–Crippen MR) is 129 cm³/mol. The number of amides is 1. The van der Waals surface area contributed by atoms with Crippen LogP contribution < -0.4 is 0 Å². The van der Waals surface area contributed by atoms with E-state index in [0.29, 0.717) is 29.8 Å². The molecule has 0 N–H and O–H groups in total. The van der Waals surface area contributed by atoms with E-state index in [1.54, 1.807) is 0 Å². The van der Waals surface area contributed by atoms with Gasteiger partial charge in [0.25, 0.3) is 0 Å². The molecule has 1 atom stereocenters. The van der Waals surface area contributed by atoms with Crippen LogP contribution in [0, 0.1) is 0 Å². The number of fused-ring (bicyclic) bond motifs is 1. The fourth-order valence-electron chi connectivity index (χ4n) is 4.75. The zero-order chi connectivity index (χ0) is 22.8. The molecule has 1 saturated heterocycles. The number of nitrogens with zero attached hydrogens (tertiary/aromatic N) is 5. The first-order valence-corrected chi connectivity index (χ1v) is 12.8. The van der Waals surface area contributed by atoms with Crippen LogP contribution in [0.4, 0.5) is 0 Å². The molecule has 0 spiro atoms. The van der Waals surface area contributed by atoms with Crippen molar-refractivity contribution < 1.29 is 9.32 Å². The van der Waals surface area contributed by atoms with Gasteiger partial charge in [-0.15, -0.1) is 11.3 Å². The number of rotatable bonds is 6. The zero-order valence-corrected chi connectivity index (χ0v) is 20.3. The molecular formula is C24H28ClN5O2S. The smallest absolute Gasteiger partial charge is 0.241 e. The first kappa shape index (κ1) is 22.5. The SMILES string of the molecule is CCC1c2ccsc2CCN1C(=O)CN1CCN(Cc2nc(-c3ccc(Cl)cc3)no2)CC1. The van der Waals surface area contributed by atoms with Crippen molar-refractivity contribution in [1.82, 2.24) is 24.8 Å². The number of thiophene rings is 1. The average molecular weight is 486 g/mol. The van der Waals surface area contributed by atoms with E-state index in [9.17, 15) is 4.79 Å². The molecule has 2 aliphatic rings. The second kappa shape index (κ2) is 9.93. The van der Waals surface area contributed by atoms with Gasteiger partial charge in [-0.1, -0.05) is 23.7 Å². The van der Waals surface area contributed by atoms with Gasteiger partial charge in [-0.05, 0) is 54.1 Å². The second-order valence-corrected chi connectivity index (χ2v) is 10.1. The number of piperazine rings is 1. The summed E-state index contributed by atoms with van der Waals surface area (Å²) in [5.74, 6) is 1.43. The number of carbonyl (C=O) groups is 1. The molecule has 33 heavy (non-hydrogen) atoms. The Bertz CT molecular complexity index is 1090. The largest absolute Gasteiger partial charge is 0.338 e. The highest BCUT2D eigenvalue weighted by molar-refractivity contribution is 7.10. The first-order chi connectivity index (χ1) is 16.1. The average Bonchev–Trinajstić information content (AvgIpc) is 3.50. The van der Waals surface area contributed by atoms with Gasteiger partial charge in [0.1, 0.15) is 0 Å². The lowest BCUT2D eigenvalue weighted by molar-refractivity contribution is -0.136. The molecule has 2 aromatic heterocycles. The van der Waals surface area contributed by atoms with E-state index < -0.39 is 0 Å². The summed E-state index contributed by atoms with van der Waals surface area (Å²) in [6, 6.07) is 9.83. The molecular weight excluding hydrogens is 458 g/mol. The standard InChI is InChI=1S/C24H28ClN5O2S/c1-2-20-19-8-14-33-21(19)7-9-30(20)23(31)16-29-12-10-28(11-13-29)15-22-26-24(27-32-22)17-3-5-18(25)6-4-17/h3-6,8,14,20H,2,7,9-13,15-16H2,1H3. The number of halogens is 1. The van der Waals surface area contributed by atoms with Crippen LogP contribution in [0.15, 0.2) is 40.2 Å². The molecule has 1 fully saturated rings. The van der Waals surface area contributed by atoms with Crippen LogP contribution in [0.3, 0.4) is 0 Å². The van der Waals surface area contributed by atoms with Gasteiger partial charge in [0.05, 0.1) is 19.1 Å². The predicted octanol–water partition coefficient (Wildman–Crippen LogP) is 4.11. The molecule has 0 bridgehead atoms. The van der Waals surface area contributed by atoms with Crippen LogP contribution in [0.1, 0.15) is 35.7 Å². The van der Waals surface area contributed by atoms with Crippen LogP contribution in [-0.2, 0) is 17.8 Å². The topological polar surface area (TPSA) is 65.7 Å². The third-order valence-corrected chi connectivity index (χ3v) is 7.80. The molecule has 174 valence electrons. The van der Waals surface area contributed by atoms with Gasteiger partial charge >= 0.3 is 0 Å². The van der Waals surface area contributed by atoms with Gasteiger partial charge in [-0.2, -0.15) is 4.98 Å². The number of hydrogen-bond donors (Lipinski definition) is 0. The molecule has 7 nitrogen and oxygen atoms in total. The Hall–Kier alpha value is -2.26. The van der Waals surface area contributed by atoms with E-state index in [2.05, 4.69) is 43.2 Å². The maximum atomic E-state index is 13.1. The quantitative estimate of drug-likeness (QED) is 0.523. The molecule has 1 aromatic carbocycles. The minimum absolute atomic E-state index is 0.223. The molecule has 4 heterocycles. The summed E-state index contributed by atoms with van der Waals surface area (Å²) in [6.07, 6.45) is 1.94. The molecule has 9 heteroatoms. The fraction of sp³-hybridized carbons (Fsp3) is 0.458. The number of carbonyl (C=O) groups excluding carboxylic acids is 1. The Morgan fingerprint density at radius 2 is 1.88 bits per heavy atom. The van der Waals surface area contributed by atoms with Gasteiger partial charge in [-0.3, -0.25) is 14.6 Å². The van der Waals surface area contributed by atoms with Crippen molar-refractivity contribution in [1.29, 1.82) is 0 Å². The van der Waals surface area contributed by atoms with Gasteiger partial charge in [0, 0.05) is 48.2 Å². The molecule has 5 rings (SSSR count). The number of benzene rings is 1. The minimum atomic E-state index is 0.223. The normalized spacial score (nSPS) is 19.6. The highest BCUT2D eigenvalue weighted by Crippen LogP contribution is 2.35. The number of aromatic nitrogens is 2. The maximum absolute atomic E-state index is 13.1. The van der Waals surface area contributed by atoms with Gasteiger partial charge < -0.3 is 9.42 Å². The Kier molecular flexibility index (Phi) is 6.78. The van der Waals surface area contributed by atoms with Crippen LogP contribution in [0.25, 0.3) is 11.4 Å². The number of hydrogen-bond acceptors (Lipinski definition) is 7. The summed E-state index contributed by atoms with van der Waals surface area (Å²) >= 11 is 7.77. The third-order valence-electron chi connectivity index (χ3n) is 6.56. The summed E-state index contributed by atoms with van der Waals surface area (Å²) in [6.45, 7) is 7.58. The van der Waals surface area contributed by atoms with E-state index >= 15 is 0 Å². The lowest BCUT2D eigenvalue weighted by Crippen LogP contribution is -2.51. The summed E-state index contributed by atoms with van der Waals surface area (Å²) in [5, 5.41) is 6.94. The molecule has 0 radical (unpaired) electrons. The van der Waals surface area contributed by atoms with Crippen LogP contribution in [0.2, 0.25) is 5.02 Å². The van der Waals surface area contributed by atoms with Gasteiger partial charge in [0.2, 0.25) is 17.6 Å².